The fourth-order valence-corrected chi connectivity index (χ4v) is 3.45. The third-order valence-corrected chi connectivity index (χ3v) is 5.31. The zero-order chi connectivity index (χ0) is 20.7. The maximum absolute atomic E-state index is 12.9. The van der Waals surface area contributed by atoms with Gasteiger partial charge in [-0.05, 0) is 62.6 Å². The second kappa shape index (κ2) is 9.85. The molecule has 1 fully saturated rings. The van der Waals surface area contributed by atoms with Crippen LogP contribution in [0.5, 0.6) is 5.75 Å². The van der Waals surface area contributed by atoms with Crippen molar-refractivity contribution in [1.82, 2.24) is 10.2 Å². The lowest BCUT2D eigenvalue weighted by Crippen LogP contribution is -2.40. The third kappa shape index (κ3) is 6.84. The van der Waals surface area contributed by atoms with Gasteiger partial charge in [-0.2, -0.15) is 0 Å². The van der Waals surface area contributed by atoms with E-state index in [2.05, 4.69) is 10.2 Å². The summed E-state index contributed by atoms with van der Waals surface area (Å²) in [6.07, 6.45) is 2.01. The molecule has 1 saturated heterocycles. The Labute approximate surface area is 171 Å². The van der Waals surface area contributed by atoms with Crippen LogP contribution in [0.3, 0.4) is 0 Å². The van der Waals surface area contributed by atoms with Crippen LogP contribution in [-0.4, -0.2) is 47.8 Å². The van der Waals surface area contributed by atoms with E-state index in [9.17, 15) is 14.3 Å². The molecule has 2 aromatic carbocycles. The largest absolute Gasteiger partial charge is 0.491 e. The number of hydrogen-bond donors (Lipinski definition) is 2. The fraction of sp³-hybridized carbons (Fsp3) is 0.435. The monoisotopic (exact) mass is 400 g/mol. The molecular formula is C23H29FN2O3. The van der Waals surface area contributed by atoms with Gasteiger partial charge in [0.25, 0.3) is 0 Å². The van der Waals surface area contributed by atoms with Gasteiger partial charge in [-0.1, -0.05) is 29.8 Å². The predicted molar refractivity (Wildman–Crippen MR) is 110 cm³/mol. The van der Waals surface area contributed by atoms with Crippen molar-refractivity contribution in [3.05, 3.63) is 65.5 Å². The average molecular weight is 400 g/mol. The van der Waals surface area contributed by atoms with Crippen molar-refractivity contribution in [2.45, 2.75) is 38.3 Å². The smallest absolute Gasteiger partial charge is 0.234 e. The van der Waals surface area contributed by atoms with Gasteiger partial charge in [-0.15, -0.1) is 0 Å². The Hall–Kier alpha value is -2.44. The Balaban J connectivity index is 1.42. The molecule has 1 aliphatic heterocycles. The van der Waals surface area contributed by atoms with Gasteiger partial charge in [-0.3, -0.25) is 9.69 Å². The van der Waals surface area contributed by atoms with Crippen LogP contribution in [0, 0.1) is 12.7 Å². The molecule has 2 N–H and O–H groups in total. The standard InChI is InChI=1S/C23H29FN2O3/c1-18-3-9-21(10-4-18)29-17-23(28)11-2-13-26(14-12-23)16-22(27)25-15-19-5-7-20(24)8-6-19/h3-10,28H,2,11-17H2,1H3,(H,25,27)/t23-/m0/s1. The fourth-order valence-electron chi connectivity index (χ4n) is 3.45. The molecule has 1 heterocycles. The molecule has 0 aliphatic carbocycles. The van der Waals surface area contributed by atoms with Crippen LogP contribution in [-0.2, 0) is 11.3 Å². The summed E-state index contributed by atoms with van der Waals surface area (Å²) in [6.45, 7) is 4.33. The molecule has 0 saturated carbocycles. The SMILES string of the molecule is Cc1ccc(OC[C@]2(O)CCCN(CC(=O)NCc3ccc(F)cc3)CC2)cc1. The number of aryl methyl sites for hydroxylation is 1. The van der Waals surface area contributed by atoms with E-state index in [4.69, 9.17) is 4.74 Å². The molecule has 2 aromatic rings. The number of hydrogen-bond acceptors (Lipinski definition) is 4. The molecule has 1 aliphatic rings. The summed E-state index contributed by atoms with van der Waals surface area (Å²) < 4.78 is 18.7. The number of rotatable bonds is 7. The van der Waals surface area contributed by atoms with E-state index in [-0.39, 0.29) is 24.9 Å². The second-order valence-corrected chi connectivity index (χ2v) is 7.86. The van der Waals surface area contributed by atoms with Crippen molar-refractivity contribution >= 4 is 5.91 Å². The van der Waals surface area contributed by atoms with Crippen LogP contribution in [0.4, 0.5) is 4.39 Å². The molecule has 0 spiro atoms. The molecule has 29 heavy (non-hydrogen) atoms. The van der Waals surface area contributed by atoms with Gasteiger partial charge in [0, 0.05) is 13.1 Å². The summed E-state index contributed by atoms with van der Waals surface area (Å²) in [5, 5.41) is 13.8. The number of ether oxygens (including phenoxy) is 1. The van der Waals surface area contributed by atoms with Crippen molar-refractivity contribution in [1.29, 1.82) is 0 Å². The number of halogens is 1. The maximum atomic E-state index is 12.9. The zero-order valence-electron chi connectivity index (χ0n) is 16.9. The molecule has 6 heteroatoms. The summed E-state index contributed by atoms with van der Waals surface area (Å²) in [7, 11) is 0. The van der Waals surface area contributed by atoms with Crippen molar-refractivity contribution in [3.63, 3.8) is 0 Å². The van der Waals surface area contributed by atoms with E-state index < -0.39 is 5.60 Å². The van der Waals surface area contributed by atoms with Gasteiger partial charge in [0.1, 0.15) is 18.2 Å². The highest BCUT2D eigenvalue weighted by Crippen LogP contribution is 2.24. The van der Waals surface area contributed by atoms with Gasteiger partial charge < -0.3 is 15.2 Å². The van der Waals surface area contributed by atoms with Crippen molar-refractivity contribution in [2.24, 2.45) is 0 Å². The van der Waals surface area contributed by atoms with Gasteiger partial charge >= 0.3 is 0 Å². The van der Waals surface area contributed by atoms with Gasteiger partial charge in [-0.25, -0.2) is 4.39 Å². The van der Waals surface area contributed by atoms with Gasteiger partial charge in [0.2, 0.25) is 5.91 Å². The van der Waals surface area contributed by atoms with Crippen molar-refractivity contribution in [3.8, 4) is 5.75 Å². The molecule has 1 amide bonds. The lowest BCUT2D eigenvalue weighted by atomic mass is 9.96. The first-order valence-electron chi connectivity index (χ1n) is 10.1. The van der Waals surface area contributed by atoms with Crippen LogP contribution in [0.25, 0.3) is 0 Å². The maximum Gasteiger partial charge on any atom is 0.234 e. The average Bonchev–Trinajstić information content (AvgIpc) is 2.89. The number of nitrogens with zero attached hydrogens (tertiary/aromatic N) is 1. The normalized spacial score (nSPS) is 20.1. The Morgan fingerprint density at radius 3 is 2.59 bits per heavy atom. The van der Waals surface area contributed by atoms with E-state index in [1.807, 2.05) is 31.2 Å². The first kappa shape index (κ1) is 21.3. The highest BCUT2D eigenvalue weighted by molar-refractivity contribution is 5.78. The highest BCUT2D eigenvalue weighted by atomic mass is 19.1. The Bertz CT molecular complexity index is 795. The lowest BCUT2D eigenvalue weighted by Gasteiger charge is -2.27. The van der Waals surface area contributed by atoms with Gasteiger partial charge in [0.05, 0.1) is 12.1 Å². The van der Waals surface area contributed by atoms with Crippen molar-refractivity contribution in [2.75, 3.05) is 26.2 Å². The molecular weight excluding hydrogens is 371 g/mol. The minimum atomic E-state index is -0.885. The van der Waals surface area contributed by atoms with Crippen molar-refractivity contribution < 1.29 is 19.0 Å². The molecule has 0 radical (unpaired) electrons. The first-order valence-corrected chi connectivity index (χ1v) is 10.1. The topological polar surface area (TPSA) is 61.8 Å². The lowest BCUT2D eigenvalue weighted by molar-refractivity contribution is -0.122. The Kier molecular flexibility index (Phi) is 7.23. The summed E-state index contributed by atoms with van der Waals surface area (Å²) in [5.41, 5.74) is 1.14. The molecule has 1 atom stereocenters. The molecule has 0 bridgehead atoms. The van der Waals surface area contributed by atoms with E-state index in [1.165, 1.54) is 17.7 Å². The summed E-state index contributed by atoms with van der Waals surface area (Å²) in [4.78, 5) is 14.3. The van der Waals surface area contributed by atoms with Crippen LogP contribution < -0.4 is 10.1 Å². The van der Waals surface area contributed by atoms with E-state index in [0.717, 1.165) is 24.3 Å². The number of nitrogens with one attached hydrogen (secondary N) is 1. The van der Waals surface area contributed by atoms with Crippen LogP contribution >= 0.6 is 0 Å². The molecule has 0 aromatic heterocycles. The van der Waals surface area contributed by atoms with Gasteiger partial charge in [0.15, 0.2) is 0 Å². The molecule has 0 unspecified atom stereocenters. The minimum Gasteiger partial charge on any atom is -0.491 e. The number of carbonyl (C=O) groups is 1. The third-order valence-electron chi connectivity index (χ3n) is 5.31. The first-order chi connectivity index (χ1) is 13.9. The van der Waals surface area contributed by atoms with Crippen LogP contribution in [0.2, 0.25) is 0 Å². The quantitative estimate of drug-likeness (QED) is 0.750. The minimum absolute atomic E-state index is 0.0735. The van der Waals surface area contributed by atoms with E-state index in [0.29, 0.717) is 25.9 Å². The Morgan fingerprint density at radius 2 is 1.86 bits per heavy atom. The number of aliphatic hydroxyl groups is 1. The number of carbonyl (C=O) groups excluding carboxylic acids is 1. The van der Waals surface area contributed by atoms with Crippen LogP contribution in [0.15, 0.2) is 48.5 Å². The molecule has 3 rings (SSSR count). The molecule has 156 valence electrons. The molecule has 5 nitrogen and oxygen atoms in total. The van der Waals surface area contributed by atoms with E-state index >= 15 is 0 Å². The summed E-state index contributed by atoms with van der Waals surface area (Å²) in [5.74, 6) is 0.393. The zero-order valence-corrected chi connectivity index (χ0v) is 16.9. The van der Waals surface area contributed by atoms with E-state index in [1.54, 1.807) is 12.1 Å². The predicted octanol–water partition coefficient (Wildman–Crippen LogP) is 3.05. The summed E-state index contributed by atoms with van der Waals surface area (Å²) >= 11 is 0. The Morgan fingerprint density at radius 1 is 1.14 bits per heavy atom. The van der Waals surface area contributed by atoms with Crippen LogP contribution in [0.1, 0.15) is 30.4 Å². The number of benzene rings is 2. The number of likely N-dealkylation sites (tertiary alicyclic amines) is 1. The second-order valence-electron chi connectivity index (χ2n) is 7.86. The number of amides is 1. The summed E-state index contributed by atoms with van der Waals surface area (Å²) in [6, 6.07) is 13.9. The highest BCUT2D eigenvalue weighted by Gasteiger charge is 2.31.